The molecule has 0 aliphatic heterocycles. The van der Waals surface area contributed by atoms with Crippen molar-refractivity contribution in [2.24, 2.45) is 7.05 Å². The third-order valence-corrected chi connectivity index (χ3v) is 2.70. The zero-order chi connectivity index (χ0) is 10.3. The highest BCUT2D eigenvalue weighted by atomic mass is 79.9. The Bertz CT molecular complexity index is 550. The number of hydrogen-bond donors (Lipinski definition) is 1. The SMILES string of the molecule is Cn1cc(Br)c2c(N)ncc(C#N)c21. The van der Waals surface area contributed by atoms with E-state index in [2.05, 4.69) is 27.0 Å². The summed E-state index contributed by atoms with van der Waals surface area (Å²) in [7, 11) is 1.87. The maximum Gasteiger partial charge on any atom is 0.134 e. The van der Waals surface area contributed by atoms with E-state index in [1.165, 1.54) is 6.20 Å². The van der Waals surface area contributed by atoms with E-state index in [4.69, 9.17) is 11.0 Å². The van der Waals surface area contributed by atoms with Gasteiger partial charge in [-0.25, -0.2) is 4.98 Å². The van der Waals surface area contributed by atoms with Crippen molar-refractivity contribution >= 4 is 32.7 Å². The lowest BCUT2D eigenvalue weighted by Gasteiger charge is -2.00. The Morgan fingerprint density at radius 3 is 3.00 bits per heavy atom. The van der Waals surface area contributed by atoms with Crippen molar-refractivity contribution in [3.8, 4) is 6.07 Å². The Labute approximate surface area is 89.1 Å². The first-order valence-electron chi connectivity index (χ1n) is 3.94. The van der Waals surface area contributed by atoms with E-state index in [0.717, 1.165) is 15.4 Å². The molecule has 0 radical (unpaired) electrons. The first kappa shape index (κ1) is 9.03. The molecule has 2 aromatic rings. The minimum Gasteiger partial charge on any atom is -0.383 e. The number of halogens is 1. The van der Waals surface area contributed by atoms with E-state index in [9.17, 15) is 0 Å². The Balaban J connectivity index is 3.04. The van der Waals surface area contributed by atoms with Crippen molar-refractivity contribution in [3.63, 3.8) is 0 Å². The van der Waals surface area contributed by atoms with Gasteiger partial charge in [-0.15, -0.1) is 0 Å². The molecule has 2 N–H and O–H groups in total. The van der Waals surface area contributed by atoms with E-state index in [-0.39, 0.29) is 0 Å². The second kappa shape index (κ2) is 3.00. The van der Waals surface area contributed by atoms with Crippen LogP contribution in [0.4, 0.5) is 5.82 Å². The topological polar surface area (TPSA) is 67.6 Å². The summed E-state index contributed by atoms with van der Waals surface area (Å²) in [5.74, 6) is 0.437. The van der Waals surface area contributed by atoms with Gasteiger partial charge in [-0.05, 0) is 15.9 Å². The van der Waals surface area contributed by atoms with Gasteiger partial charge < -0.3 is 10.3 Å². The fourth-order valence-electron chi connectivity index (χ4n) is 1.50. The average molecular weight is 251 g/mol. The van der Waals surface area contributed by atoms with Crippen LogP contribution in [0.2, 0.25) is 0 Å². The number of nitrogens with zero attached hydrogens (tertiary/aromatic N) is 3. The van der Waals surface area contributed by atoms with Crippen LogP contribution in [0.3, 0.4) is 0 Å². The second-order valence-electron chi connectivity index (χ2n) is 2.98. The Kier molecular flexibility index (Phi) is 1.93. The number of fused-ring (bicyclic) bond motifs is 1. The van der Waals surface area contributed by atoms with Gasteiger partial charge >= 0.3 is 0 Å². The fraction of sp³-hybridized carbons (Fsp3) is 0.111. The van der Waals surface area contributed by atoms with Crippen LogP contribution in [0, 0.1) is 11.3 Å². The summed E-state index contributed by atoms with van der Waals surface area (Å²) < 4.78 is 2.72. The Hall–Kier alpha value is -1.54. The van der Waals surface area contributed by atoms with Crippen molar-refractivity contribution in [1.82, 2.24) is 9.55 Å². The van der Waals surface area contributed by atoms with Crippen LogP contribution in [0.25, 0.3) is 10.9 Å². The molecule has 0 amide bonds. The maximum atomic E-state index is 8.90. The largest absolute Gasteiger partial charge is 0.383 e. The van der Waals surface area contributed by atoms with Crippen molar-refractivity contribution in [3.05, 3.63) is 22.4 Å². The number of anilines is 1. The summed E-state index contributed by atoms with van der Waals surface area (Å²) in [5.41, 5.74) is 7.07. The summed E-state index contributed by atoms with van der Waals surface area (Å²) >= 11 is 3.38. The molecule has 2 heterocycles. The lowest BCUT2D eigenvalue weighted by Crippen LogP contribution is -1.95. The molecule has 0 unspecified atom stereocenters. The number of nitriles is 1. The standard InChI is InChI=1S/C9H7BrN4/c1-14-4-6(10)7-8(14)5(2-11)3-13-9(7)12/h3-4H,1H3,(H2,12,13). The lowest BCUT2D eigenvalue weighted by atomic mass is 10.2. The quantitative estimate of drug-likeness (QED) is 0.776. The van der Waals surface area contributed by atoms with Crippen LogP contribution in [0.5, 0.6) is 0 Å². The van der Waals surface area contributed by atoms with Gasteiger partial charge in [-0.2, -0.15) is 5.26 Å². The van der Waals surface area contributed by atoms with Crippen LogP contribution in [-0.2, 0) is 7.05 Å². The minimum absolute atomic E-state index is 0.437. The summed E-state index contributed by atoms with van der Waals surface area (Å²) in [6, 6.07) is 2.09. The predicted molar refractivity (Wildman–Crippen MR) is 57.5 cm³/mol. The molecule has 5 heteroatoms. The monoisotopic (exact) mass is 250 g/mol. The highest BCUT2D eigenvalue weighted by Crippen LogP contribution is 2.30. The Morgan fingerprint density at radius 2 is 2.36 bits per heavy atom. The van der Waals surface area contributed by atoms with E-state index in [1.54, 1.807) is 0 Å². The molecular formula is C9H7BrN4. The van der Waals surface area contributed by atoms with Gasteiger partial charge in [0.2, 0.25) is 0 Å². The number of nitrogen functional groups attached to an aromatic ring is 1. The predicted octanol–water partition coefficient (Wildman–Crippen LogP) is 1.79. The molecule has 0 spiro atoms. The average Bonchev–Trinajstić information content (AvgIpc) is 2.44. The summed E-state index contributed by atoms with van der Waals surface area (Å²) in [5, 5.41) is 9.70. The normalized spacial score (nSPS) is 10.4. The molecule has 0 aliphatic carbocycles. The van der Waals surface area contributed by atoms with Gasteiger partial charge in [0.05, 0.1) is 16.5 Å². The third kappa shape index (κ3) is 1.08. The zero-order valence-electron chi connectivity index (χ0n) is 7.45. The molecule has 0 atom stereocenters. The molecule has 0 saturated heterocycles. The van der Waals surface area contributed by atoms with Crippen LogP contribution >= 0.6 is 15.9 Å². The molecule has 0 bridgehead atoms. The molecular weight excluding hydrogens is 244 g/mol. The van der Waals surface area contributed by atoms with Gasteiger partial charge in [0, 0.05) is 23.9 Å². The molecule has 2 aromatic heterocycles. The van der Waals surface area contributed by atoms with Gasteiger partial charge in [-0.1, -0.05) is 0 Å². The minimum atomic E-state index is 0.437. The first-order valence-corrected chi connectivity index (χ1v) is 4.73. The number of rotatable bonds is 0. The molecule has 70 valence electrons. The summed E-state index contributed by atoms with van der Waals surface area (Å²) in [6.45, 7) is 0. The molecule has 0 saturated carbocycles. The van der Waals surface area contributed by atoms with E-state index >= 15 is 0 Å². The first-order chi connectivity index (χ1) is 6.65. The second-order valence-corrected chi connectivity index (χ2v) is 3.83. The van der Waals surface area contributed by atoms with E-state index in [0.29, 0.717) is 11.4 Å². The van der Waals surface area contributed by atoms with Crippen LogP contribution in [0.1, 0.15) is 5.56 Å². The third-order valence-electron chi connectivity index (χ3n) is 2.10. The highest BCUT2D eigenvalue weighted by molar-refractivity contribution is 9.10. The van der Waals surface area contributed by atoms with Crippen molar-refractivity contribution < 1.29 is 0 Å². The van der Waals surface area contributed by atoms with Crippen molar-refractivity contribution in [2.45, 2.75) is 0 Å². The van der Waals surface area contributed by atoms with Gasteiger partial charge in [-0.3, -0.25) is 0 Å². The van der Waals surface area contributed by atoms with Crippen molar-refractivity contribution in [2.75, 3.05) is 5.73 Å². The van der Waals surface area contributed by atoms with Gasteiger partial charge in [0.1, 0.15) is 11.9 Å². The molecule has 14 heavy (non-hydrogen) atoms. The van der Waals surface area contributed by atoms with Crippen LogP contribution in [-0.4, -0.2) is 9.55 Å². The zero-order valence-corrected chi connectivity index (χ0v) is 9.04. The van der Waals surface area contributed by atoms with E-state index < -0.39 is 0 Å². The molecule has 0 aromatic carbocycles. The Morgan fingerprint density at radius 1 is 1.64 bits per heavy atom. The van der Waals surface area contributed by atoms with Crippen LogP contribution in [0.15, 0.2) is 16.9 Å². The number of aryl methyl sites for hydroxylation is 1. The molecule has 0 fully saturated rings. The number of pyridine rings is 1. The number of hydrogen-bond acceptors (Lipinski definition) is 3. The fourth-order valence-corrected chi connectivity index (χ4v) is 2.20. The van der Waals surface area contributed by atoms with Crippen molar-refractivity contribution in [1.29, 1.82) is 5.26 Å². The highest BCUT2D eigenvalue weighted by Gasteiger charge is 2.12. The van der Waals surface area contributed by atoms with Gasteiger partial charge in [0.15, 0.2) is 0 Å². The van der Waals surface area contributed by atoms with Crippen LogP contribution < -0.4 is 5.73 Å². The number of nitrogens with two attached hydrogens (primary N) is 1. The van der Waals surface area contributed by atoms with Gasteiger partial charge in [0.25, 0.3) is 0 Å². The summed E-state index contributed by atoms with van der Waals surface area (Å²) in [4.78, 5) is 3.96. The molecule has 2 rings (SSSR count). The summed E-state index contributed by atoms with van der Waals surface area (Å²) in [6.07, 6.45) is 3.35. The maximum absolute atomic E-state index is 8.90. The molecule has 4 nitrogen and oxygen atoms in total. The van der Waals surface area contributed by atoms with E-state index in [1.807, 2.05) is 17.8 Å². The number of aromatic nitrogens is 2. The molecule has 0 aliphatic rings. The smallest absolute Gasteiger partial charge is 0.134 e. The lowest BCUT2D eigenvalue weighted by molar-refractivity contribution is 0.963.